The van der Waals surface area contributed by atoms with Gasteiger partial charge in [0.2, 0.25) is 5.95 Å². The van der Waals surface area contributed by atoms with Crippen LogP contribution in [0.3, 0.4) is 0 Å². The van der Waals surface area contributed by atoms with E-state index in [4.69, 9.17) is 9.97 Å². The molecule has 0 radical (unpaired) electrons. The van der Waals surface area contributed by atoms with Gasteiger partial charge in [-0.1, -0.05) is 134 Å². The van der Waals surface area contributed by atoms with Crippen molar-refractivity contribution in [3.05, 3.63) is 36.4 Å². The molecule has 4 nitrogen and oxygen atoms in total. The van der Waals surface area contributed by atoms with Crippen molar-refractivity contribution in [1.29, 1.82) is 0 Å². The van der Waals surface area contributed by atoms with Crippen molar-refractivity contribution in [3.63, 3.8) is 0 Å². The predicted molar refractivity (Wildman–Crippen MR) is 150 cm³/mol. The van der Waals surface area contributed by atoms with Gasteiger partial charge in [-0.15, -0.1) is 0 Å². The molecule has 34 heavy (non-hydrogen) atoms. The van der Waals surface area contributed by atoms with E-state index >= 15 is 0 Å². The number of rotatable bonds is 21. The molecular weight excluding hydrogens is 416 g/mol. The van der Waals surface area contributed by atoms with Gasteiger partial charge >= 0.3 is 0 Å². The summed E-state index contributed by atoms with van der Waals surface area (Å²) in [5, 5.41) is 7.02. The summed E-state index contributed by atoms with van der Waals surface area (Å²) in [4.78, 5) is 9.55. The van der Waals surface area contributed by atoms with Crippen LogP contribution in [0.15, 0.2) is 36.4 Å². The topological polar surface area (TPSA) is 49.8 Å². The van der Waals surface area contributed by atoms with Crippen molar-refractivity contribution in [2.75, 3.05) is 23.7 Å². The highest BCUT2D eigenvalue weighted by Crippen LogP contribution is 2.21. The highest BCUT2D eigenvalue weighted by atomic mass is 15.1. The average molecular weight is 467 g/mol. The Labute approximate surface area is 209 Å². The normalized spacial score (nSPS) is 11.0. The van der Waals surface area contributed by atoms with E-state index in [1.807, 2.05) is 6.07 Å². The Kier molecular flexibility index (Phi) is 15.9. The third-order valence-corrected chi connectivity index (χ3v) is 6.45. The van der Waals surface area contributed by atoms with E-state index in [0.717, 1.165) is 36.1 Å². The van der Waals surface area contributed by atoms with Gasteiger partial charge in [-0.2, -0.15) is 4.98 Å². The standard InChI is InChI=1S/C30H50N4/c1-3-5-7-9-11-12-13-14-16-20-24-31-29-26-28(27-22-18-17-19-23-27)33-30(34-29)32-25-21-15-10-8-6-4-2/h17-19,22-23,26H,3-16,20-21,24-25H2,1-2H3,(H2,31,32,33,34). The molecule has 0 fully saturated rings. The summed E-state index contributed by atoms with van der Waals surface area (Å²) in [6, 6.07) is 12.5. The van der Waals surface area contributed by atoms with Crippen LogP contribution in [0.25, 0.3) is 11.3 Å². The van der Waals surface area contributed by atoms with Crippen LogP contribution in [0.2, 0.25) is 0 Å². The first-order chi connectivity index (χ1) is 16.8. The number of unbranched alkanes of at least 4 members (excludes halogenated alkanes) is 14. The lowest BCUT2D eigenvalue weighted by molar-refractivity contribution is 0.560. The second-order valence-electron chi connectivity index (χ2n) is 9.63. The van der Waals surface area contributed by atoms with Gasteiger partial charge in [-0.3, -0.25) is 0 Å². The number of hydrogen-bond donors (Lipinski definition) is 2. The van der Waals surface area contributed by atoms with E-state index in [9.17, 15) is 0 Å². The predicted octanol–water partition coefficient (Wildman–Crippen LogP) is 9.25. The van der Waals surface area contributed by atoms with E-state index in [-0.39, 0.29) is 0 Å². The van der Waals surface area contributed by atoms with Crippen molar-refractivity contribution in [2.45, 2.75) is 117 Å². The number of aromatic nitrogens is 2. The maximum atomic E-state index is 4.79. The summed E-state index contributed by atoms with van der Waals surface area (Å²) >= 11 is 0. The Morgan fingerprint density at radius 2 is 1.06 bits per heavy atom. The van der Waals surface area contributed by atoms with Crippen molar-refractivity contribution < 1.29 is 0 Å². The third kappa shape index (κ3) is 13.0. The van der Waals surface area contributed by atoms with Crippen LogP contribution >= 0.6 is 0 Å². The molecule has 190 valence electrons. The van der Waals surface area contributed by atoms with Gasteiger partial charge in [-0.05, 0) is 12.8 Å². The summed E-state index contributed by atoms with van der Waals surface area (Å²) in [7, 11) is 0. The Balaban J connectivity index is 1.74. The van der Waals surface area contributed by atoms with Gasteiger partial charge in [0.25, 0.3) is 0 Å². The molecule has 2 rings (SSSR count). The lowest BCUT2D eigenvalue weighted by atomic mass is 10.1. The number of anilines is 2. The molecule has 0 unspecified atom stereocenters. The quantitative estimate of drug-likeness (QED) is 0.180. The molecular formula is C30H50N4. The summed E-state index contributed by atoms with van der Waals surface area (Å²) < 4.78 is 0. The molecule has 0 atom stereocenters. The highest BCUT2D eigenvalue weighted by Gasteiger charge is 2.07. The SMILES string of the molecule is CCCCCCCCCCCCNc1cc(-c2ccccc2)nc(NCCCCCCCC)n1. The monoisotopic (exact) mass is 466 g/mol. The lowest BCUT2D eigenvalue weighted by Gasteiger charge is -2.12. The first-order valence-electron chi connectivity index (χ1n) is 14.3. The van der Waals surface area contributed by atoms with E-state index in [2.05, 4.69) is 54.8 Å². The van der Waals surface area contributed by atoms with Crippen LogP contribution in [-0.4, -0.2) is 23.1 Å². The van der Waals surface area contributed by atoms with Crippen molar-refractivity contribution in [3.8, 4) is 11.3 Å². The van der Waals surface area contributed by atoms with Crippen molar-refractivity contribution in [2.24, 2.45) is 0 Å². The van der Waals surface area contributed by atoms with E-state index < -0.39 is 0 Å². The molecule has 0 aliphatic carbocycles. The second-order valence-corrected chi connectivity index (χ2v) is 9.63. The second kappa shape index (κ2) is 19.2. The first-order valence-corrected chi connectivity index (χ1v) is 14.3. The zero-order valence-electron chi connectivity index (χ0n) is 22.1. The largest absolute Gasteiger partial charge is 0.370 e. The summed E-state index contributed by atoms with van der Waals surface area (Å²) in [6.07, 6.45) is 21.4. The Hall–Kier alpha value is -2.10. The summed E-state index contributed by atoms with van der Waals surface area (Å²) in [5.74, 6) is 1.66. The van der Waals surface area contributed by atoms with Crippen LogP contribution in [0.5, 0.6) is 0 Å². The number of hydrogen-bond acceptors (Lipinski definition) is 4. The molecule has 2 N–H and O–H groups in total. The fourth-order valence-corrected chi connectivity index (χ4v) is 4.31. The molecule has 1 heterocycles. The van der Waals surface area contributed by atoms with Gasteiger partial charge in [-0.25, -0.2) is 4.98 Å². The fraction of sp³-hybridized carbons (Fsp3) is 0.667. The smallest absolute Gasteiger partial charge is 0.225 e. The van der Waals surface area contributed by atoms with E-state index in [0.29, 0.717) is 0 Å². The first kappa shape index (κ1) is 28.1. The minimum Gasteiger partial charge on any atom is -0.370 e. The third-order valence-electron chi connectivity index (χ3n) is 6.45. The zero-order chi connectivity index (χ0) is 24.1. The maximum absolute atomic E-state index is 4.79. The molecule has 0 spiro atoms. The average Bonchev–Trinajstić information content (AvgIpc) is 2.87. The lowest BCUT2D eigenvalue weighted by Crippen LogP contribution is -2.10. The zero-order valence-corrected chi connectivity index (χ0v) is 22.1. The Morgan fingerprint density at radius 3 is 1.62 bits per heavy atom. The molecule has 2 aromatic rings. The molecule has 4 heteroatoms. The van der Waals surface area contributed by atoms with Gasteiger partial charge in [0.05, 0.1) is 5.69 Å². The number of nitrogens with zero attached hydrogens (tertiary/aromatic N) is 2. The summed E-state index contributed by atoms with van der Waals surface area (Å²) in [5.41, 5.74) is 2.11. The molecule has 1 aromatic carbocycles. The molecule has 1 aromatic heterocycles. The van der Waals surface area contributed by atoms with Gasteiger partial charge in [0.15, 0.2) is 0 Å². The number of benzene rings is 1. The van der Waals surface area contributed by atoms with Crippen LogP contribution in [-0.2, 0) is 0 Å². The minimum atomic E-state index is 0.737. The number of nitrogens with one attached hydrogen (secondary N) is 2. The van der Waals surface area contributed by atoms with Gasteiger partial charge in [0, 0.05) is 24.7 Å². The van der Waals surface area contributed by atoms with Crippen LogP contribution in [0.4, 0.5) is 11.8 Å². The van der Waals surface area contributed by atoms with Crippen LogP contribution in [0, 0.1) is 0 Å². The van der Waals surface area contributed by atoms with Crippen LogP contribution < -0.4 is 10.6 Å². The minimum absolute atomic E-state index is 0.737. The van der Waals surface area contributed by atoms with Crippen molar-refractivity contribution >= 4 is 11.8 Å². The van der Waals surface area contributed by atoms with E-state index in [1.54, 1.807) is 0 Å². The molecule has 0 amide bonds. The maximum Gasteiger partial charge on any atom is 0.225 e. The Bertz CT molecular complexity index is 732. The molecule has 0 aliphatic heterocycles. The molecule has 0 bridgehead atoms. The fourth-order valence-electron chi connectivity index (χ4n) is 4.31. The Morgan fingerprint density at radius 1 is 0.559 bits per heavy atom. The van der Waals surface area contributed by atoms with Gasteiger partial charge in [0.1, 0.15) is 5.82 Å². The molecule has 0 saturated carbocycles. The molecule has 0 saturated heterocycles. The van der Waals surface area contributed by atoms with Gasteiger partial charge < -0.3 is 10.6 Å². The molecule has 0 aliphatic rings. The summed E-state index contributed by atoms with van der Waals surface area (Å²) in [6.45, 7) is 6.45. The van der Waals surface area contributed by atoms with E-state index in [1.165, 1.54) is 103 Å². The van der Waals surface area contributed by atoms with Crippen LogP contribution in [0.1, 0.15) is 117 Å². The van der Waals surface area contributed by atoms with Crippen molar-refractivity contribution in [1.82, 2.24) is 9.97 Å². The highest BCUT2D eigenvalue weighted by molar-refractivity contribution is 5.64.